The molecule has 0 fully saturated rings. The second kappa shape index (κ2) is 7.16. The summed E-state index contributed by atoms with van der Waals surface area (Å²) in [6, 6.07) is 5.46. The maximum Gasteiger partial charge on any atom is 0.120 e. The summed E-state index contributed by atoms with van der Waals surface area (Å²) in [5.74, 6) is 6.90. The van der Waals surface area contributed by atoms with Gasteiger partial charge in [0.2, 0.25) is 0 Å². The molecule has 1 aromatic rings. The van der Waals surface area contributed by atoms with Gasteiger partial charge in [-0.15, -0.1) is 0 Å². The predicted octanol–water partition coefficient (Wildman–Crippen LogP) is 2.83. The lowest BCUT2D eigenvalue weighted by Crippen LogP contribution is -1.96. The molecule has 16 heavy (non-hydrogen) atoms. The van der Waals surface area contributed by atoms with Gasteiger partial charge in [-0.25, -0.2) is 0 Å². The molecule has 0 aliphatic carbocycles. The first kappa shape index (κ1) is 12.9. The fourth-order valence-electron chi connectivity index (χ4n) is 1.24. The van der Waals surface area contributed by atoms with E-state index in [0.29, 0.717) is 5.02 Å². The fourth-order valence-corrected chi connectivity index (χ4v) is 1.41. The van der Waals surface area contributed by atoms with Crippen molar-refractivity contribution in [2.45, 2.75) is 19.3 Å². The number of methoxy groups -OCH3 is 1. The van der Waals surface area contributed by atoms with Crippen LogP contribution < -0.4 is 10.5 Å². The molecule has 0 unspecified atom stereocenters. The molecule has 1 rings (SSSR count). The zero-order chi connectivity index (χ0) is 11.8. The van der Waals surface area contributed by atoms with E-state index >= 15 is 0 Å². The Morgan fingerprint density at radius 2 is 2.19 bits per heavy atom. The quantitative estimate of drug-likeness (QED) is 0.646. The Kier molecular flexibility index (Phi) is 5.77. The maximum absolute atomic E-state index is 6.02. The fraction of sp³-hybridized carbons (Fsp3) is 0.385. The Morgan fingerprint density at radius 1 is 1.38 bits per heavy atom. The van der Waals surface area contributed by atoms with Crippen molar-refractivity contribution in [3.63, 3.8) is 0 Å². The molecule has 0 aliphatic rings. The van der Waals surface area contributed by atoms with Crippen LogP contribution in [-0.4, -0.2) is 13.7 Å². The molecule has 0 spiro atoms. The third-order valence-electron chi connectivity index (χ3n) is 2.15. The summed E-state index contributed by atoms with van der Waals surface area (Å²) >= 11 is 6.02. The molecular weight excluding hydrogens is 222 g/mol. The topological polar surface area (TPSA) is 35.2 Å². The molecule has 0 saturated heterocycles. The molecule has 2 N–H and O–H groups in total. The minimum absolute atomic E-state index is 0.659. The third kappa shape index (κ3) is 4.14. The van der Waals surface area contributed by atoms with Crippen LogP contribution in [0.5, 0.6) is 5.75 Å². The number of ether oxygens (including phenoxy) is 1. The summed E-state index contributed by atoms with van der Waals surface area (Å²) in [7, 11) is 1.63. The Balaban J connectivity index is 2.64. The molecule has 1 aromatic carbocycles. The van der Waals surface area contributed by atoms with Crippen LogP contribution >= 0.6 is 11.6 Å². The van der Waals surface area contributed by atoms with Crippen molar-refractivity contribution < 1.29 is 4.74 Å². The zero-order valence-corrected chi connectivity index (χ0v) is 10.2. The highest BCUT2D eigenvalue weighted by Gasteiger charge is 1.98. The molecule has 0 heterocycles. The zero-order valence-electron chi connectivity index (χ0n) is 9.42. The summed E-state index contributed by atoms with van der Waals surface area (Å²) < 4.78 is 5.11. The molecule has 0 bridgehead atoms. The number of hydrogen-bond acceptors (Lipinski definition) is 2. The van der Waals surface area contributed by atoms with Crippen LogP contribution in [0, 0.1) is 11.8 Å². The highest BCUT2D eigenvalue weighted by Crippen LogP contribution is 2.20. The van der Waals surface area contributed by atoms with Gasteiger partial charge in [0.1, 0.15) is 5.75 Å². The van der Waals surface area contributed by atoms with Crippen LogP contribution in [0.4, 0.5) is 0 Å². The van der Waals surface area contributed by atoms with Gasteiger partial charge in [-0.1, -0.05) is 23.4 Å². The number of unbranched alkanes of at least 4 members (excludes halogenated alkanes) is 2. The number of benzene rings is 1. The maximum atomic E-state index is 6.02. The van der Waals surface area contributed by atoms with E-state index in [4.69, 9.17) is 22.1 Å². The van der Waals surface area contributed by atoms with E-state index in [2.05, 4.69) is 11.8 Å². The number of hydrogen-bond donors (Lipinski definition) is 1. The largest absolute Gasteiger partial charge is 0.497 e. The van der Waals surface area contributed by atoms with Crippen LogP contribution in [0.3, 0.4) is 0 Å². The van der Waals surface area contributed by atoms with Crippen molar-refractivity contribution in [2.75, 3.05) is 13.7 Å². The van der Waals surface area contributed by atoms with Gasteiger partial charge in [-0.2, -0.15) is 0 Å². The van der Waals surface area contributed by atoms with E-state index in [-0.39, 0.29) is 0 Å². The first-order valence-electron chi connectivity index (χ1n) is 5.30. The molecule has 0 amide bonds. The minimum Gasteiger partial charge on any atom is -0.497 e. The third-order valence-corrected chi connectivity index (χ3v) is 2.48. The van der Waals surface area contributed by atoms with Gasteiger partial charge >= 0.3 is 0 Å². The molecule has 86 valence electrons. The van der Waals surface area contributed by atoms with Crippen molar-refractivity contribution in [1.82, 2.24) is 0 Å². The number of halogens is 1. The van der Waals surface area contributed by atoms with Gasteiger partial charge in [0.15, 0.2) is 0 Å². The van der Waals surface area contributed by atoms with Crippen molar-refractivity contribution in [2.24, 2.45) is 5.73 Å². The lowest BCUT2D eigenvalue weighted by molar-refractivity contribution is 0.414. The second-order valence-electron chi connectivity index (χ2n) is 3.39. The summed E-state index contributed by atoms with van der Waals surface area (Å²) in [5.41, 5.74) is 6.21. The molecule has 3 heteroatoms. The molecule has 0 atom stereocenters. The average Bonchev–Trinajstić information content (AvgIpc) is 2.31. The Hall–Kier alpha value is -1.17. The SMILES string of the molecule is COc1ccc(Cl)c(C#CCCCCN)c1. The highest BCUT2D eigenvalue weighted by molar-refractivity contribution is 6.31. The first-order chi connectivity index (χ1) is 7.77. The lowest BCUT2D eigenvalue weighted by atomic mass is 10.2. The van der Waals surface area contributed by atoms with E-state index in [1.165, 1.54) is 0 Å². The van der Waals surface area contributed by atoms with Gasteiger partial charge < -0.3 is 10.5 Å². The summed E-state index contributed by atoms with van der Waals surface area (Å²) in [6.45, 7) is 0.724. The van der Waals surface area contributed by atoms with Crippen LogP contribution in [0.25, 0.3) is 0 Å². The summed E-state index contributed by atoms with van der Waals surface area (Å²) in [5, 5.41) is 0.659. The molecule has 0 aromatic heterocycles. The summed E-state index contributed by atoms with van der Waals surface area (Å²) in [6.07, 6.45) is 2.90. The van der Waals surface area contributed by atoms with Crippen LogP contribution in [0.2, 0.25) is 5.02 Å². The van der Waals surface area contributed by atoms with Gasteiger partial charge in [-0.3, -0.25) is 0 Å². The van der Waals surface area contributed by atoms with Crippen LogP contribution in [-0.2, 0) is 0 Å². The smallest absolute Gasteiger partial charge is 0.120 e. The summed E-state index contributed by atoms with van der Waals surface area (Å²) in [4.78, 5) is 0. The predicted molar refractivity (Wildman–Crippen MR) is 67.8 cm³/mol. The monoisotopic (exact) mass is 237 g/mol. The van der Waals surface area contributed by atoms with E-state index in [1.807, 2.05) is 12.1 Å². The van der Waals surface area contributed by atoms with E-state index in [9.17, 15) is 0 Å². The van der Waals surface area contributed by atoms with Crippen molar-refractivity contribution in [1.29, 1.82) is 0 Å². The molecule has 0 radical (unpaired) electrons. The van der Waals surface area contributed by atoms with Crippen molar-refractivity contribution in [3.8, 4) is 17.6 Å². The Morgan fingerprint density at radius 3 is 2.88 bits per heavy atom. The molecular formula is C13H16ClNO. The normalized spacial score (nSPS) is 9.44. The van der Waals surface area contributed by atoms with E-state index < -0.39 is 0 Å². The number of rotatable bonds is 4. The van der Waals surface area contributed by atoms with Gasteiger partial charge in [0.25, 0.3) is 0 Å². The minimum atomic E-state index is 0.659. The van der Waals surface area contributed by atoms with E-state index in [1.54, 1.807) is 13.2 Å². The number of nitrogens with two attached hydrogens (primary N) is 1. The molecule has 2 nitrogen and oxygen atoms in total. The van der Waals surface area contributed by atoms with Gasteiger partial charge in [0.05, 0.1) is 12.1 Å². The van der Waals surface area contributed by atoms with Crippen LogP contribution in [0.15, 0.2) is 18.2 Å². The standard InChI is InChI=1S/C13H16ClNO/c1-16-12-7-8-13(14)11(10-12)6-4-2-3-5-9-15/h7-8,10H,2-3,5,9,15H2,1H3. The van der Waals surface area contributed by atoms with Gasteiger partial charge in [-0.05, 0) is 37.6 Å². The van der Waals surface area contributed by atoms with Crippen molar-refractivity contribution >= 4 is 11.6 Å². The van der Waals surface area contributed by atoms with Gasteiger partial charge in [0, 0.05) is 12.0 Å². The molecule has 0 saturated carbocycles. The first-order valence-corrected chi connectivity index (χ1v) is 5.68. The highest BCUT2D eigenvalue weighted by atomic mass is 35.5. The second-order valence-corrected chi connectivity index (χ2v) is 3.80. The Bertz CT molecular complexity index is 393. The van der Waals surface area contributed by atoms with E-state index in [0.717, 1.165) is 37.1 Å². The lowest BCUT2D eigenvalue weighted by Gasteiger charge is -2.01. The molecule has 0 aliphatic heterocycles. The van der Waals surface area contributed by atoms with Crippen LogP contribution in [0.1, 0.15) is 24.8 Å². The average molecular weight is 238 g/mol. The Labute approximate surface area is 102 Å². The van der Waals surface area contributed by atoms with Crippen molar-refractivity contribution in [3.05, 3.63) is 28.8 Å².